The van der Waals surface area contributed by atoms with Crippen molar-refractivity contribution in [2.45, 2.75) is 70.4 Å². The molecule has 4 aliphatic rings. The van der Waals surface area contributed by atoms with Gasteiger partial charge in [-0.3, -0.25) is 19.2 Å². The maximum absolute atomic E-state index is 13.2. The minimum Gasteiger partial charge on any atom is -0.455 e. The first-order chi connectivity index (χ1) is 15.2. The molecule has 4 bridgehead atoms. The number of nitrogens with one attached hydrogen (secondary N) is 2. The van der Waals surface area contributed by atoms with Gasteiger partial charge >= 0.3 is 5.97 Å². The van der Waals surface area contributed by atoms with Gasteiger partial charge in [-0.25, -0.2) is 0 Å². The summed E-state index contributed by atoms with van der Waals surface area (Å²) in [6.45, 7) is 2.56. The minimum atomic E-state index is -0.661. The number of rotatable bonds is 8. The van der Waals surface area contributed by atoms with E-state index in [1.165, 1.54) is 13.8 Å². The molecule has 0 spiro atoms. The quantitative estimate of drug-likeness (QED) is 0.604. The predicted octanol–water partition coefficient (Wildman–Crippen LogP) is 2.32. The molecule has 1 aromatic carbocycles. The Labute approximate surface area is 188 Å². The van der Waals surface area contributed by atoms with E-state index < -0.39 is 24.0 Å². The van der Waals surface area contributed by atoms with E-state index in [0.29, 0.717) is 24.7 Å². The van der Waals surface area contributed by atoms with Crippen molar-refractivity contribution in [1.29, 1.82) is 0 Å². The standard InChI is InChI=1S/C25H32N2O5/c1-16(28)21(9-18-6-4-3-5-7-18)26-22(30)14-32-23(31)24-10-19-8-20(11-24)13-25(12-19,15-24)27-17(2)29/h3-7,19-21H,8-15H2,1-2H3,(H,26,30)(H,27,29). The third kappa shape index (κ3) is 4.71. The summed E-state index contributed by atoms with van der Waals surface area (Å²) >= 11 is 0. The van der Waals surface area contributed by atoms with Crippen LogP contribution < -0.4 is 10.6 Å². The molecule has 0 saturated heterocycles. The monoisotopic (exact) mass is 440 g/mol. The molecule has 3 unspecified atom stereocenters. The topological polar surface area (TPSA) is 102 Å². The third-order valence-electron chi connectivity index (χ3n) is 7.38. The van der Waals surface area contributed by atoms with Crippen LogP contribution in [0.4, 0.5) is 0 Å². The van der Waals surface area contributed by atoms with E-state index in [9.17, 15) is 19.2 Å². The smallest absolute Gasteiger partial charge is 0.312 e. The lowest BCUT2D eigenvalue weighted by Gasteiger charge is -2.60. The van der Waals surface area contributed by atoms with E-state index in [-0.39, 0.29) is 23.2 Å². The minimum absolute atomic E-state index is 0.0662. The molecule has 0 aromatic heterocycles. The lowest BCUT2D eigenvalue weighted by Crippen LogP contribution is -2.64. The Hall–Kier alpha value is -2.70. The molecule has 0 heterocycles. The number of hydrogen-bond acceptors (Lipinski definition) is 5. The molecule has 2 N–H and O–H groups in total. The average molecular weight is 441 g/mol. The molecule has 4 saturated carbocycles. The van der Waals surface area contributed by atoms with Crippen molar-refractivity contribution in [3.05, 3.63) is 35.9 Å². The molecule has 0 radical (unpaired) electrons. The van der Waals surface area contributed by atoms with Gasteiger partial charge in [0.2, 0.25) is 5.91 Å². The van der Waals surface area contributed by atoms with E-state index in [1.54, 1.807) is 0 Å². The first kappa shape index (κ1) is 22.5. The molecule has 1 aromatic rings. The highest BCUT2D eigenvalue weighted by Gasteiger charge is 2.61. The molecule has 7 heteroatoms. The number of Topliss-reactive ketones (excluding diaryl/α,β-unsaturated/α-hetero) is 1. The Morgan fingerprint density at radius 2 is 1.69 bits per heavy atom. The molecule has 4 aliphatic carbocycles. The van der Waals surface area contributed by atoms with Gasteiger partial charge in [-0.1, -0.05) is 30.3 Å². The first-order valence-electron chi connectivity index (χ1n) is 11.5. The second-order valence-electron chi connectivity index (χ2n) is 10.2. The summed E-state index contributed by atoms with van der Waals surface area (Å²) in [4.78, 5) is 49.5. The summed E-state index contributed by atoms with van der Waals surface area (Å²) < 4.78 is 5.49. The Morgan fingerprint density at radius 1 is 1.03 bits per heavy atom. The second-order valence-corrected chi connectivity index (χ2v) is 10.2. The number of hydrogen-bond donors (Lipinski definition) is 2. The highest BCUT2D eigenvalue weighted by atomic mass is 16.5. The van der Waals surface area contributed by atoms with Crippen LogP contribution in [0.3, 0.4) is 0 Å². The fourth-order valence-electron chi connectivity index (χ4n) is 6.69. The van der Waals surface area contributed by atoms with Crippen LogP contribution in [0.2, 0.25) is 0 Å². The van der Waals surface area contributed by atoms with Gasteiger partial charge in [0, 0.05) is 12.5 Å². The lowest BCUT2D eigenvalue weighted by molar-refractivity contribution is -0.177. The van der Waals surface area contributed by atoms with Crippen molar-refractivity contribution < 1.29 is 23.9 Å². The Morgan fingerprint density at radius 3 is 2.28 bits per heavy atom. The number of ether oxygens (including phenoxy) is 1. The van der Waals surface area contributed by atoms with Gasteiger partial charge in [-0.2, -0.15) is 0 Å². The van der Waals surface area contributed by atoms with Gasteiger partial charge in [-0.05, 0) is 69.3 Å². The maximum atomic E-state index is 13.2. The zero-order valence-corrected chi connectivity index (χ0v) is 18.8. The predicted molar refractivity (Wildman–Crippen MR) is 117 cm³/mol. The molecule has 32 heavy (non-hydrogen) atoms. The van der Waals surface area contributed by atoms with Gasteiger partial charge in [0.05, 0.1) is 11.5 Å². The summed E-state index contributed by atoms with van der Waals surface area (Å²) in [5.74, 6) is -0.236. The number of esters is 1. The summed E-state index contributed by atoms with van der Waals surface area (Å²) in [5, 5.41) is 5.84. The van der Waals surface area contributed by atoms with Crippen LogP contribution >= 0.6 is 0 Å². The normalized spacial score (nSPS) is 30.9. The number of amides is 2. The molecular weight excluding hydrogens is 408 g/mol. The van der Waals surface area contributed by atoms with Crippen LogP contribution in [-0.4, -0.2) is 41.8 Å². The van der Waals surface area contributed by atoms with Gasteiger partial charge in [0.25, 0.3) is 5.91 Å². The van der Waals surface area contributed by atoms with E-state index in [4.69, 9.17) is 4.74 Å². The largest absolute Gasteiger partial charge is 0.455 e. The lowest BCUT2D eigenvalue weighted by atomic mass is 9.47. The van der Waals surface area contributed by atoms with Crippen molar-refractivity contribution in [2.75, 3.05) is 6.61 Å². The summed E-state index contributed by atoms with van der Waals surface area (Å²) in [6, 6.07) is 8.81. The van der Waals surface area contributed by atoms with Crippen molar-refractivity contribution in [3.63, 3.8) is 0 Å². The van der Waals surface area contributed by atoms with Crippen LogP contribution in [0.25, 0.3) is 0 Å². The molecule has 5 rings (SSSR count). The fraction of sp³-hybridized carbons (Fsp3) is 0.600. The second kappa shape index (κ2) is 8.68. The van der Waals surface area contributed by atoms with Crippen LogP contribution in [0, 0.1) is 17.3 Å². The van der Waals surface area contributed by atoms with Crippen LogP contribution in [0.5, 0.6) is 0 Å². The third-order valence-corrected chi connectivity index (χ3v) is 7.38. The van der Waals surface area contributed by atoms with E-state index in [2.05, 4.69) is 10.6 Å². The summed E-state index contributed by atoms with van der Waals surface area (Å²) in [6.07, 6.45) is 5.41. The number of carbonyl (C=O) groups is 4. The fourth-order valence-corrected chi connectivity index (χ4v) is 6.69. The highest BCUT2D eigenvalue weighted by molar-refractivity contribution is 5.89. The van der Waals surface area contributed by atoms with Crippen molar-refractivity contribution in [2.24, 2.45) is 17.3 Å². The van der Waals surface area contributed by atoms with Crippen molar-refractivity contribution >= 4 is 23.6 Å². The zero-order chi connectivity index (χ0) is 22.9. The van der Waals surface area contributed by atoms with Gasteiger partial charge in [0.1, 0.15) is 0 Å². The van der Waals surface area contributed by atoms with E-state index in [1.807, 2.05) is 30.3 Å². The van der Waals surface area contributed by atoms with E-state index in [0.717, 1.165) is 37.7 Å². The zero-order valence-electron chi connectivity index (χ0n) is 18.8. The Balaban J connectivity index is 1.36. The molecular formula is C25H32N2O5. The maximum Gasteiger partial charge on any atom is 0.312 e. The molecule has 4 fully saturated rings. The van der Waals surface area contributed by atoms with Crippen LogP contribution in [0.15, 0.2) is 30.3 Å². The van der Waals surface area contributed by atoms with Crippen LogP contribution in [-0.2, 0) is 30.3 Å². The van der Waals surface area contributed by atoms with Gasteiger partial charge in [0.15, 0.2) is 12.4 Å². The van der Waals surface area contributed by atoms with Gasteiger partial charge < -0.3 is 15.4 Å². The Kier molecular flexibility index (Phi) is 6.10. The average Bonchev–Trinajstić information content (AvgIpc) is 2.70. The molecule has 3 atom stereocenters. The molecule has 7 nitrogen and oxygen atoms in total. The number of benzene rings is 1. The molecule has 2 amide bonds. The van der Waals surface area contributed by atoms with Gasteiger partial charge in [-0.15, -0.1) is 0 Å². The summed E-state index contributed by atoms with van der Waals surface area (Å²) in [5.41, 5.74) is -0.00879. The SMILES string of the molecule is CC(=O)NC12CC3CC(C1)CC(C(=O)OCC(=O)NC(Cc1ccccc1)C(C)=O)(C3)C2. The van der Waals surface area contributed by atoms with Crippen molar-refractivity contribution in [1.82, 2.24) is 10.6 Å². The highest BCUT2D eigenvalue weighted by Crippen LogP contribution is 2.62. The summed E-state index contributed by atoms with van der Waals surface area (Å²) in [7, 11) is 0. The molecule has 172 valence electrons. The van der Waals surface area contributed by atoms with Crippen LogP contribution in [0.1, 0.15) is 57.9 Å². The van der Waals surface area contributed by atoms with E-state index >= 15 is 0 Å². The van der Waals surface area contributed by atoms with Crippen molar-refractivity contribution in [3.8, 4) is 0 Å². The Bertz CT molecular complexity index is 898. The first-order valence-corrected chi connectivity index (χ1v) is 11.5. The molecule has 0 aliphatic heterocycles. The number of ketones is 1. The number of carbonyl (C=O) groups excluding carboxylic acids is 4.